The molecule has 6 nitrogen and oxygen atoms in total. The Morgan fingerprint density at radius 2 is 2.29 bits per heavy atom. The smallest absolute Gasteiger partial charge is 0.244 e. The summed E-state index contributed by atoms with van der Waals surface area (Å²) in [7, 11) is 0. The van der Waals surface area contributed by atoms with Gasteiger partial charge in [-0.25, -0.2) is 4.98 Å². The van der Waals surface area contributed by atoms with Crippen LogP contribution in [0.25, 0.3) is 17.2 Å². The molecule has 0 saturated carbocycles. The minimum atomic E-state index is -0.224. The van der Waals surface area contributed by atoms with Crippen molar-refractivity contribution in [3.8, 4) is 0 Å². The number of nitrogens with one attached hydrogen (secondary N) is 2. The molecule has 2 aromatic rings. The number of carbonyl (C=O) groups excluding carboxylic acids is 2. The molecule has 1 fully saturated rings. The summed E-state index contributed by atoms with van der Waals surface area (Å²) in [5, 5.41) is 5.55. The van der Waals surface area contributed by atoms with Crippen LogP contribution in [0, 0.1) is 0 Å². The van der Waals surface area contributed by atoms with Crippen LogP contribution in [0.5, 0.6) is 0 Å². The molecule has 2 amide bonds. The van der Waals surface area contributed by atoms with Gasteiger partial charge in [0.25, 0.3) is 0 Å². The van der Waals surface area contributed by atoms with Gasteiger partial charge in [0.1, 0.15) is 5.52 Å². The first-order chi connectivity index (χ1) is 10.2. The van der Waals surface area contributed by atoms with Crippen LogP contribution in [-0.2, 0) is 9.59 Å². The number of oxazole rings is 1. The maximum absolute atomic E-state index is 11.8. The van der Waals surface area contributed by atoms with Crippen molar-refractivity contribution in [1.29, 1.82) is 0 Å². The molecule has 0 aliphatic carbocycles. The van der Waals surface area contributed by atoms with Crippen molar-refractivity contribution < 1.29 is 14.0 Å². The monoisotopic (exact) mass is 285 g/mol. The lowest BCUT2D eigenvalue weighted by Crippen LogP contribution is -2.47. The molecule has 2 heterocycles. The SMILES string of the molecule is O=C(C=Cc1nc2ccccc2o1)NC1CCC(=O)NC1. The summed E-state index contributed by atoms with van der Waals surface area (Å²) in [5.41, 5.74) is 1.44. The third kappa shape index (κ3) is 3.28. The highest BCUT2D eigenvalue weighted by Gasteiger charge is 2.18. The van der Waals surface area contributed by atoms with Crippen LogP contribution in [0.1, 0.15) is 18.7 Å². The van der Waals surface area contributed by atoms with Crippen molar-refractivity contribution in [1.82, 2.24) is 15.6 Å². The van der Waals surface area contributed by atoms with Crippen LogP contribution in [-0.4, -0.2) is 29.4 Å². The quantitative estimate of drug-likeness (QED) is 0.831. The number of para-hydroxylation sites is 2. The lowest BCUT2D eigenvalue weighted by Gasteiger charge is -2.22. The zero-order valence-electron chi connectivity index (χ0n) is 11.3. The highest BCUT2D eigenvalue weighted by molar-refractivity contribution is 5.92. The number of hydrogen-bond donors (Lipinski definition) is 2. The Morgan fingerprint density at radius 3 is 3.05 bits per heavy atom. The van der Waals surface area contributed by atoms with Gasteiger partial charge in [-0.15, -0.1) is 0 Å². The van der Waals surface area contributed by atoms with Crippen molar-refractivity contribution in [3.05, 3.63) is 36.2 Å². The first kappa shape index (κ1) is 13.4. The summed E-state index contributed by atoms with van der Waals surface area (Å²) < 4.78 is 5.49. The standard InChI is InChI=1S/C15H15N3O3/c19-13-6-5-10(9-16-13)17-14(20)7-8-15-18-11-3-1-2-4-12(11)21-15/h1-4,7-8,10H,5-6,9H2,(H,16,19)(H,17,20). The fourth-order valence-electron chi connectivity index (χ4n) is 2.21. The van der Waals surface area contributed by atoms with Crippen LogP contribution in [0.2, 0.25) is 0 Å². The topological polar surface area (TPSA) is 84.2 Å². The number of fused-ring (bicyclic) bond motifs is 1. The second-order valence-electron chi connectivity index (χ2n) is 4.90. The van der Waals surface area contributed by atoms with Crippen LogP contribution in [0.3, 0.4) is 0 Å². The molecule has 1 unspecified atom stereocenters. The second kappa shape index (κ2) is 5.78. The molecule has 1 saturated heterocycles. The molecule has 108 valence electrons. The Bertz CT molecular complexity index is 662. The number of carbonyl (C=O) groups is 2. The van der Waals surface area contributed by atoms with Crippen molar-refractivity contribution in [2.45, 2.75) is 18.9 Å². The Balaban J connectivity index is 1.60. The number of benzene rings is 1. The fraction of sp³-hybridized carbons (Fsp3) is 0.267. The van der Waals surface area contributed by atoms with E-state index in [-0.39, 0.29) is 17.9 Å². The summed E-state index contributed by atoms with van der Waals surface area (Å²) in [6, 6.07) is 7.39. The molecule has 1 aliphatic rings. The van der Waals surface area contributed by atoms with E-state index in [2.05, 4.69) is 15.6 Å². The molecule has 1 aliphatic heterocycles. The van der Waals surface area contributed by atoms with Crippen LogP contribution in [0.15, 0.2) is 34.8 Å². The van der Waals surface area contributed by atoms with E-state index in [1.54, 1.807) is 0 Å². The predicted octanol–water partition coefficient (Wildman–Crippen LogP) is 1.24. The summed E-state index contributed by atoms with van der Waals surface area (Å²) in [4.78, 5) is 27.1. The van der Waals surface area contributed by atoms with Gasteiger partial charge in [-0.3, -0.25) is 9.59 Å². The molecule has 3 rings (SSSR count). The maximum Gasteiger partial charge on any atom is 0.244 e. The molecule has 0 spiro atoms. The highest BCUT2D eigenvalue weighted by Crippen LogP contribution is 2.15. The molecule has 1 aromatic carbocycles. The maximum atomic E-state index is 11.8. The molecule has 6 heteroatoms. The van der Waals surface area contributed by atoms with Gasteiger partial charge >= 0.3 is 0 Å². The third-order valence-corrected chi connectivity index (χ3v) is 3.30. The number of amides is 2. The van der Waals surface area contributed by atoms with E-state index in [1.807, 2.05) is 24.3 Å². The molecule has 0 radical (unpaired) electrons. The predicted molar refractivity (Wildman–Crippen MR) is 77.2 cm³/mol. The lowest BCUT2D eigenvalue weighted by atomic mass is 10.1. The van der Waals surface area contributed by atoms with Gasteiger partial charge in [-0.1, -0.05) is 12.1 Å². The van der Waals surface area contributed by atoms with Crippen LogP contribution in [0.4, 0.5) is 0 Å². The second-order valence-corrected chi connectivity index (χ2v) is 4.90. The van der Waals surface area contributed by atoms with E-state index in [0.717, 1.165) is 5.52 Å². The largest absolute Gasteiger partial charge is 0.437 e. The first-order valence-electron chi connectivity index (χ1n) is 6.81. The van der Waals surface area contributed by atoms with Crippen molar-refractivity contribution in [2.24, 2.45) is 0 Å². The molecular weight excluding hydrogens is 270 g/mol. The molecular formula is C15H15N3O3. The van der Waals surface area contributed by atoms with E-state index < -0.39 is 0 Å². The van der Waals surface area contributed by atoms with Gasteiger partial charge in [-0.2, -0.15) is 0 Å². The number of nitrogens with zero attached hydrogens (tertiary/aromatic N) is 1. The first-order valence-corrected chi connectivity index (χ1v) is 6.81. The Morgan fingerprint density at radius 1 is 1.43 bits per heavy atom. The fourth-order valence-corrected chi connectivity index (χ4v) is 2.21. The van der Waals surface area contributed by atoms with E-state index >= 15 is 0 Å². The van der Waals surface area contributed by atoms with Crippen molar-refractivity contribution >= 4 is 29.0 Å². The van der Waals surface area contributed by atoms with Crippen molar-refractivity contribution in [3.63, 3.8) is 0 Å². The summed E-state index contributed by atoms with van der Waals surface area (Å²) >= 11 is 0. The van der Waals surface area contributed by atoms with Gasteiger partial charge in [0, 0.05) is 31.2 Å². The van der Waals surface area contributed by atoms with Crippen LogP contribution < -0.4 is 10.6 Å². The van der Waals surface area contributed by atoms with Crippen molar-refractivity contribution in [2.75, 3.05) is 6.54 Å². The summed E-state index contributed by atoms with van der Waals surface area (Å²) in [5.74, 6) is 0.198. The van der Waals surface area contributed by atoms with Gasteiger partial charge in [0.05, 0.1) is 0 Å². The van der Waals surface area contributed by atoms with E-state index in [0.29, 0.717) is 30.9 Å². The summed E-state index contributed by atoms with van der Waals surface area (Å²) in [6.07, 6.45) is 4.03. The van der Waals surface area contributed by atoms with Gasteiger partial charge in [0.15, 0.2) is 5.58 Å². The van der Waals surface area contributed by atoms with Crippen LogP contribution >= 0.6 is 0 Å². The number of aromatic nitrogens is 1. The Labute approximate surface area is 121 Å². The van der Waals surface area contributed by atoms with E-state index in [9.17, 15) is 9.59 Å². The van der Waals surface area contributed by atoms with Gasteiger partial charge in [0.2, 0.25) is 17.7 Å². The third-order valence-electron chi connectivity index (χ3n) is 3.30. The number of hydrogen-bond acceptors (Lipinski definition) is 4. The Kier molecular flexibility index (Phi) is 3.68. The lowest BCUT2D eigenvalue weighted by molar-refractivity contribution is -0.124. The van der Waals surface area contributed by atoms with E-state index in [4.69, 9.17) is 4.42 Å². The molecule has 1 aromatic heterocycles. The minimum Gasteiger partial charge on any atom is -0.437 e. The Hall–Kier alpha value is -2.63. The summed E-state index contributed by atoms with van der Waals surface area (Å²) in [6.45, 7) is 0.474. The average molecular weight is 285 g/mol. The zero-order valence-corrected chi connectivity index (χ0v) is 11.3. The molecule has 1 atom stereocenters. The number of piperidine rings is 1. The van der Waals surface area contributed by atoms with E-state index in [1.165, 1.54) is 12.2 Å². The number of rotatable bonds is 3. The van der Waals surface area contributed by atoms with Gasteiger partial charge in [-0.05, 0) is 18.6 Å². The normalized spacial score (nSPS) is 18.9. The molecule has 0 bridgehead atoms. The molecule has 2 N–H and O–H groups in total. The average Bonchev–Trinajstić information content (AvgIpc) is 2.90. The molecule has 21 heavy (non-hydrogen) atoms. The minimum absolute atomic E-state index is 0.0246. The highest BCUT2D eigenvalue weighted by atomic mass is 16.3. The zero-order chi connectivity index (χ0) is 14.7. The van der Waals surface area contributed by atoms with Gasteiger partial charge < -0.3 is 15.1 Å².